The van der Waals surface area contributed by atoms with E-state index in [2.05, 4.69) is 0 Å². The number of carbonyl (C=O) groups excluding carboxylic acids is 1. The maximum absolute atomic E-state index is 12.3. The number of nitrogens with zero attached hydrogens (tertiary/aromatic N) is 2. The lowest BCUT2D eigenvalue weighted by atomic mass is 10.0. The average Bonchev–Trinajstić information content (AvgIpc) is 2.48. The van der Waals surface area contributed by atoms with Gasteiger partial charge in [0.05, 0.1) is 12.6 Å². The molecule has 0 spiro atoms. The number of alkyl halides is 3. The standard InChI is InChI=1S/C8H9F3N2O2/c9-8(10,11)7(15)2-4-13(5-7)6(14)1-3-12/h15H,1-2,4-5H2/t7-/m0/s1. The highest BCUT2D eigenvalue weighted by molar-refractivity contribution is 5.78. The maximum Gasteiger partial charge on any atom is 0.419 e. The van der Waals surface area contributed by atoms with Crippen LogP contribution in [0.4, 0.5) is 13.2 Å². The lowest BCUT2D eigenvalue weighted by Crippen LogP contribution is -2.48. The lowest BCUT2D eigenvalue weighted by Gasteiger charge is -2.25. The highest BCUT2D eigenvalue weighted by Gasteiger charge is 2.57. The second-order valence-corrected chi connectivity index (χ2v) is 3.43. The van der Waals surface area contributed by atoms with Gasteiger partial charge in [-0.05, 0) is 0 Å². The third kappa shape index (κ3) is 2.21. The predicted molar refractivity (Wildman–Crippen MR) is 42.4 cm³/mol. The Hall–Kier alpha value is -1.29. The largest absolute Gasteiger partial charge is 0.419 e. The smallest absolute Gasteiger partial charge is 0.379 e. The first-order valence-corrected chi connectivity index (χ1v) is 4.24. The van der Waals surface area contributed by atoms with Crippen LogP contribution in [0, 0.1) is 11.3 Å². The second-order valence-electron chi connectivity index (χ2n) is 3.43. The van der Waals surface area contributed by atoms with Crippen molar-refractivity contribution in [3.8, 4) is 6.07 Å². The predicted octanol–water partition coefficient (Wildman–Crippen LogP) is 0.426. The van der Waals surface area contributed by atoms with Crippen molar-refractivity contribution < 1.29 is 23.1 Å². The van der Waals surface area contributed by atoms with Crippen LogP contribution in [0.25, 0.3) is 0 Å². The van der Waals surface area contributed by atoms with Crippen LogP contribution in [0.5, 0.6) is 0 Å². The summed E-state index contributed by atoms with van der Waals surface area (Å²) in [5.41, 5.74) is -2.82. The number of β-amino-alcohol motifs (C(OH)–C–C–N with tert-alkyl or cyclic N) is 1. The van der Waals surface area contributed by atoms with E-state index in [1.165, 1.54) is 0 Å². The van der Waals surface area contributed by atoms with Gasteiger partial charge in [-0.1, -0.05) is 0 Å². The molecule has 1 aliphatic rings. The van der Waals surface area contributed by atoms with Crippen LogP contribution in [0.3, 0.4) is 0 Å². The first kappa shape index (κ1) is 11.8. The molecule has 15 heavy (non-hydrogen) atoms. The van der Waals surface area contributed by atoms with E-state index in [1.807, 2.05) is 0 Å². The van der Waals surface area contributed by atoms with Crippen LogP contribution in [-0.4, -0.2) is 40.8 Å². The van der Waals surface area contributed by atoms with Crippen molar-refractivity contribution in [1.29, 1.82) is 5.26 Å². The highest BCUT2D eigenvalue weighted by Crippen LogP contribution is 2.37. The zero-order chi connectivity index (χ0) is 11.7. The minimum absolute atomic E-state index is 0.170. The number of likely N-dealkylation sites (tertiary alicyclic amines) is 1. The van der Waals surface area contributed by atoms with Gasteiger partial charge in [-0.3, -0.25) is 4.79 Å². The summed E-state index contributed by atoms with van der Waals surface area (Å²) in [4.78, 5) is 11.9. The number of hydrogen-bond acceptors (Lipinski definition) is 3. The van der Waals surface area contributed by atoms with Gasteiger partial charge in [-0.25, -0.2) is 0 Å². The van der Waals surface area contributed by atoms with E-state index < -0.39 is 37.1 Å². The van der Waals surface area contributed by atoms with E-state index in [9.17, 15) is 23.1 Å². The molecule has 0 aromatic rings. The SMILES string of the molecule is N#CCC(=O)N1CC[C@@](O)(C(F)(F)F)C1. The number of aliphatic hydroxyl groups is 1. The van der Waals surface area contributed by atoms with Crippen molar-refractivity contribution in [3.05, 3.63) is 0 Å². The summed E-state index contributed by atoms with van der Waals surface area (Å²) < 4.78 is 36.9. The Bertz CT molecular complexity index is 310. The van der Waals surface area contributed by atoms with E-state index in [1.54, 1.807) is 6.07 Å². The third-order valence-electron chi connectivity index (χ3n) is 2.36. The van der Waals surface area contributed by atoms with Crippen LogP contribution >= 0.6 is 0 Å². The van der Waals surface area contributed by atoms with E-state index in [4.69, 9.17) is 5.26 Å². The van der Waals surface area contributed by atoms with Gasteiger partial charge in [0.2, 0.25) is 5.91 Å². The number of nitriles is 1. The number of amides is 1. The number of hydrogen-bond donors (Lipinski definition) is 1. The number of rotatable bonds is 1. The molecule has 0 aromatic heterocycles. The van der Waals surface area contributed by atoms with Crippen LogP contribution in [0.15, 0.2) is 0 Å². The van der Waals surface area contributed by atoms with Gasteiger partial charge in [0.1, 0.15) is 6.42 Å². The quantitative estimate of drug-likeness (QED) is 0.699. The van der Waals surface area contributed by atoms with E-state index >= 15 is 0 Å². The molecule has 4 nitrogen and oxygen atoms in total. The van der Waals surface area contributed by atoms with Crippen molar-refractivity contribution in [2.24, 2.45) is 0 Å². The summed E-state index contributed by atoms with van der Waals surface area (Å²) >= 11 is 0. The molecule has 0 saturated carbocycles. The Kier molecular flexibility index (Phi) is 2.90. The summed E-state index contributed by atoms with van der Waals surface area (Å²) in [5, 5.41) is 17.4. The van der Waals surface area contributed by atoms with Gasteiger partial charge in [0, 0.05) is 13.0 Å². The summed E-state index contributed by atoms with van der Waals surface area (Å²) in [6.45, 7) is -0.951. The fourth-order valence-electron chi connectivity index (χ4n) is 1.42. The van der Waals surface area contributed by atoms with E-state index in [-0.39, 0.29) is 6.54 Å². The van der Waals surface area contributed by atoms with Gasteiger partial charge in [0.25, 0.3) is 0 Å². The molecular weight excluding hydrogens is 213 g/mol. The molecule has 1 rings (SSSR count). The summed E-state index contributed by atoms with van der Waals surface area (Å²) in [6, 6.07) is 1.56. The highest BCUT2D eigenvalue weighted by atomic mass is 19.4. The molecule has 1 aliphatic heterocycles. The molecule has 0 unspecified atom stereocenters. The Morgan fingerprint density at radius 1 is 1.60 bits per heavy atom. The second kappa shape index (κ2) is 3.70. The van der Waals surface area contributed by atoms with Crippen LogP contribution in [-0.2, 0) is 4.79 Å². The molecule has 0 bridgehead atoms. The van der Waals surface area contributed by atoms with Crippen molar-refractivity contribution in [3.63, 3.8) is 0 Å². The summed E-state index contributed by atoms with van der Waals surface area (Å²) in [6.07, 6.45) is -5.74. The lowest BCUT2D eigenvalue weighted by molar-refractivity contribution is -0.253. The average molecular weight is 222 g/mol. The zero-order valence-electron chi connectivity index (χ0n) is 7.71. The van der Waals surface area contributed by atoms with E-state index in [0.717, 1.165) is 4.90 Å². The Balaban J connectivity index is 2.68. The van der Waals surface area contributed by atoms with E-state index in [0.29, 0.717) is 0 Å². The zero-order valence-corrected chi connectivity index (χ0v) is 7.71. The van der Waals surface area contributed by atoms with Gasteiger partial charge in [-0.2, -0.15) is 18.4 Å². The molecule has 1 heterocycles. The molecule has 1 amide bonds. The summed E-state index contributed by atoms with van der Waals surface area (Å²) in [7, 11) is 0. The van der Waals surface area contributed by atoms with Gasteiger partial charge >= 0.3 is 6.18 Å². The van der Waals surface area contributed by atoms with Crippen LogP contribution < -0.4 is 0 Å². The molecule has 1 fully saturated rings. The van der Waals surface area contributed by atoms with Crippen molar-refractivity contribution in [2.45, 2.75) is 24.6 Å². The van der Waals surface area contributed by atoms with Crippen molar-refractivity contribution in [2.75, 3.05) is 13.1 Å². The van der Waals surface area contributed by atoms with Gasteiger partial charge in [0.15, 0.2) is 5.60 Å². The fraction of sp³-hybridized carbons (Fsp3) is 0.750. The molecule has 1 saturated heterocycles. The first-order chi connectivity index (χ1) is 6.80. The minimum Gasteiger partial charge on any atom is -0.379 e. The topological polar surface area (TPSA) is 64.3 Å². The Morgan fingerprint density at radius 3 is 2.60 bits per heavy atom. The van der Waals surface area contributed by atoms with Crippen molar-refractivity contribution >= 4 is 5.91 Å². The molecule has 84 valence electrons. The monoisotopic (exact) mass is 222 g/mol. The molecule has 1 atom stereocenters. The molecule has 1 N–H and O–H groups in total. The van der Waals surface area contributed by atoms with Gasteiger partial charge < -0.3 is 10.0 Å². The molecule has 0 aliphatic carbocycles. The fourth-order valence-corrected chi connectivity index (χ4v) is 1.42. The summed E-state index contributed by atoms with van der Waals surface area (Å²) in [5.74, 6) is -0.683. The number of carbonyl (C=O) groups is 1. The minimum atomic E-state index is -4.74. The Morgan fingerprint density at radius 2 is 2.20 bits per heavy atom. The maximum atomic E-state index is 12.3. The van der Waals surface area contributed by atoms with Crippen LogP contribution in [0.1, 0.15) is 12.8 Å². The molecule has 0 radical (unpaired) electrons. The Labute approximate surface area is 83.9 Å². The first-order valence-electron chi connectivity index (χ1n) is 4.24. The van der Waals surface area contributed by atoms with Crippen LogP contribution in [0.2, 0.25) is 0 Å². The van der Waals surface area contributed by atoms with Gasteiger partial charge in [-0.15, -0.1) is 0 Å². The van der Waals surface area contributed by atoms with Crippen molar-refractivity contribution in [1.82, 2.24) is 4.90 Å². The number of halogens is 3. The normalized spacial score (nSPS) is 26.5. The molecule has 7 heteroatoms. The third-order valence-corrected chi connectivity index (χ3v) is 2.36. The molecule has 0 aromatic carbocycles. The molecular formula is C8H9F3N2O2.